The molecule has 4 nitrogen and oxygen atoms in total. The number of amides is 1. The predicted molar refractivity (Wildman–Crippen MR) is 49.0 cm³/mol. The van der Waals surface area contributed by atoms with Crippen LogP contribution in [0.3, 0.4) is 0 Å². The molecule has 0 spiro atoms. The number of hydrogen-bond acceptors (Lipinski definition) is 2. The first-order chi connectivity index (χ1) is 6.34. The van der Waals surface area contributed by atoms with Gasteiger partial charge in [0.05, 0.1) is 11.8 Å². The standard InChI is InChI=1S/C9H11N3O/c1-2-3-4-5-10-9(13)8-6-11-12-7-8/h6-7H,4-5H2,1H3,(H,10,13)(H,11,12). The molecule has 0 aliphatic carbocycles. The van der Waals surface area contributed by atoms with E-state index in [0.717, 1.165) is 0 Å². The van der Waals surface area contributed by atoms with Gasteiger partial charge < -0.3 is 5.32 Å². The molecule has 2 N–H and O–H groups in total. The van der Waals surface area contributed by atoms with Gasteiger partial charge in [-0.25, -0.2) is 0 Å². The molecule has 1 aromatic heterocycles. The van der Waals surface area contributed by atoms with E-state index in [1.165, 1.54) is 6.20 Å². The monoisotopic (exact) mass is 177 g/mol. The molecule has 1 heterocycles. The van der Waals surface area contributed by atoms with Crippen LogP contribution in [0.25, 0.3) is 0 Å². The molecular formula is C9H11N3O. The molecule has 0 aromatic carbocycles. The van der Waals surface area contributed by atoms with E-state index in [-0.39, 0.29) is 5.91 Å². The number of carbonyl (C=O) groups excluding carboxylic acids is 1. The van der Waals surface area contributed by atoms with E-state index in [0.29, 0.717) is 18.5 Å². The number of carbonyl (C=O) groups is 1. The second-order valence-electron chi connectivity index (χ2n) is 2.42. The number of H-pyrrole nitrogens is 1. The molecule has 13 heavy (non-hydrogen) atoms. The maximum absolute atomic E-state index is 11.2. The molecule has 0 unspecified atom stereocenters. The lowest BCUT2D eigenvalue weighted by molar-refractivity contribution is 0.0954. The van der Waals surface area contributed by atoms with E-state index >= 15 is 0 Å². The highest BCUT2D eigenvalue weighted by Crippen LogP contribution is 1.92. The minimum absolute atomic E-state index is 0.119. The van der Waals surface area contributed by atoms with Crippen LogP contribution in [0.2, 0.25) is 0 Å². The Labute approximate surface area is 76.7 Å². The molecular weight excluding hydrogens is 166 g/mol. The van der Waals surface area contributed by atoms with E-state index in [1.807, 2.05) is 0 Å². The lowest BCUT2D eigenvalue weighted by Gasteiger charge is -1.98. The van der Waals surface area contributed by atoms with Gasteiger partial charge in [-0.1, -0.05) is 0 Å². The molecule has 0 saturated carbocycles. The van der Waals surface area contributed by atoms with Crippen LogP contribution < -0.4 is 5.32 Å². The summed E-state index contributed by atoms with van der Waals surface area (Å²) in [5.41, 5.74) is 0.546. The second kappa shape index (κ2) is 4.99. The van der Waals surface area contributed by atoms with Crippen LogP contribution >= 0.6 is 0 Å². The van der Waals surface area contributed by atoms with Crippen molar-refractivity contribution >= 4 is 5.91 Å². The highest BCUT2D eigenvalue weighted by Gasteiger charge is 2.03. The van der Waals surface area contributed by atoms with Crippen molar-refractivity contribution in [2.24, 2.45) is 0 Å². The van der Waals surface area contributed by atoms with E-state index < -0.39 is 0 Å². The first-order valence-electron chi connectivity index (χ1n) is 4.01. The normalized spacial score (nSPS) is 8.69. The summed E-state index contributed by atoms with van der Waals surface area (Å²) in [6, 6.07) is 0. The highest BCUT2D eigenvalue weighted by molar-refractivity contribution is 5.93. The maximum atomic E-state index is 11.2. The van der Waals surface area contributed by atoms with Crippen molar-refractivity contribution in [3.8, 4) is 11.8 Å². The summed E-state index contributed by atoms with van der Waals surface area (Å²) in [7, 11) is 0. The second-order valence-corrected chi connectivity index (χ2v) is 2.42. The molecule has 68 valence electrons. The van der Waals surface area contributed by atoms with E-state index in [9.17, 15) is 4.79 Å². The van der Waals surface area contributed by atoms with Crippen molar-refractivity contribution in [2.75, 3.05) is 6.54 Å². The van der Waals surface area contributed by atoms with Crippen LogP contribution in [0.5, 0.6) is 0 Å². The van der Waals surface area contributed by atoms with Crippen molar-refractivity contribution in [3.05, 3.63) is 18.0 Å². The first kappa shape index (κ1) is 9.33. The van der Waals surface area contributed by atoms with Crippen molar-refractivity contribution in [2.45, 2.75) is 13.3 Å². The number of nitrogens with one attached hydrogen (secondary N) is 2. The lowest BCUT2D eigenvalue weighted by atomic mass is 10.3. The van der Waals surface area contributed by atoms with Crippen LogP contribution in [0.15, 0.2) is 12.4 Å². The summed E-state index contributed by atoms with van der Waals surface area (Å²) in [5.74, 6) is 5.50. The summed E-state index contributed by atoms with van der Waals surface area (Å²) in [6.45, 7) is 2.35. The van der Waals surface area contributed by atoms with E-state index in [4.69, 9.17) is 0 Å². The minimum atomic E-state index is -0.119. The fourth-order valence-electron chi connectivity index (χ4n) is 0.841. The first-order valence-corrected chi connectivity index (χ1v) is 4.01. The SMILES string of the molecule is CC#CCCNC(=O)c1cn[nH]c1. The van der Waals surface area contributed by atoms with Crippen LogP contribution in [-0.4, -0.2) is 22.6 Å². The number of hydrogen-bond donors (Lipinski definition) is 2. The molecule has 1 rings (SSSR count). The van der Waals surface area contributed by atoms with E-state index in [1.54, 1.807) is 13.1 Å². The number of nitrogens with zero attached hydrogens (tertiary/aromatic N) is 1. The summed E-state index contributed by atoms with van der Waals surface area (Å²) >= 11 is 0. The van der Waals surface area contributed by atoms with Gasteiger partial charge >= 0.3 is 0 Å². The number of rotatable bonds is 3. The average Bonchev–Trinajstić information content (AvgIpc) is 2.65. The predicted octanol–water partition coefficient (Wildman–Crippen LogP) is 0.553. The molecule has 0 aliphatic rings. The molecule has 0 aliphatic heterocycles. The summed E-state index contributed by atoms with van der Waals surface area (Å²) < 4.78 is 0. The van der Waals surface area contributed by atoms with Crippen LogP contribution in [-0.2, 0) is 0 Å². The van der Waals surface area contributed by atoms with Crippen LogP contribution in [0.1, 0.15) is 23.7 Å². The molecule has 0 saturated heterocycles. The Morgan fingerprint density at radius 2 is 2.62 bits per heavy atom. The third-order valence-corrected chi connectivity index (χ3v) is 1.47. The van der Waals surface area contributed by atoms with E-state index in [2.05, 4.69) is 27.4 Å². The zero-order chi connectivity index (χ0) is 9.52. The Bertz CT molecular complexity index is 318. The zero-order valence-corrected chi connectivity index (χ0v) is 7.42. The molecule has 4 heteroatoms. The van der Waals surface area contributed by atoms with Gasteiger partial charge in [-0.05, 0) is 6.92 Å². The Morgan fingerprint density at radius 1 is 1.77 bits per heavy atom. The Morgan fingerprint density at radius 3 is 3.23 bits per heavy atom. The molecule has 1 aromatic rings. The quantitative estimate of drug-likeness (QED) is 0.523. The van der Waals surface area contributed by atoms with Gasteiger partial charge in [0.25, 0.3) is 5.91 Å². The third kappa shape index (κ3) is 2.99. The van der Waals surface area contributed by atoms with Crippen molar-refractivity contribution in [1.29, 1.82) is 0 Å². The van der Waals surface area contributed by atoms with Crippen molar-refractivity contribution in [3.63, 3.8) is 0 Å². The van der Waals surface area contributed by atoms with Gasteiger partial charge in [-0.15, -0.1) is 11.8 Å². The number of aromatic amines is 1. The Kier molecular flexibility index (Phi) is 3.58. The maximum Gasteiger partial charge on any atom is 0.254 e. The molecule has 0 fully saturated rings. The van der Waals surface area contributed by atoms with Crippen LogP contribution in [0, 0.1) is 11.8 Å². The van der Waals surface area contributed by atoms with Crippen molar-refractivity contribution in [1.82, 2.24) is 15.5 Å². The van der Waals surface area contributed by atoms with Gasteiger partial charge in [-0.2, -0.15) is 5.10 Å². The smallest absolute Gasteiger partial charge is 0.254 e. The average molecular weight is 177 g/mol. The Balaban J connectivity index is 2.29. The lowest BCUT2D eigenvalue weighted by Crippen LogP contribution is -2.23. The summed E-state index contributed by atoms with van der Waals surface area (Å²) in [6.07, 6.45) is 3.72. The fourth-order valence-corrected chi connectivity index (χ4v) is 0.841. The molecule has 0 atom stereocenters. The Hall–Kier alpha value is -1.76. The van der Waals surface area contributed by atoms with Gasteiger partial charge in [0.2, 0.25) is 0 Å². The summed E-state index contributed by atoms with van der Waals surface area (Å²) in [5, 5.41) is 8.97. The number of aromatic nitrogens is 2. The van der Waals surface area contributed by atoms with Gasteiger partial charge in [0.1, 0.15) is 0 Å². The van der Waals surface area contributed by atoms with Crippen molar-refractivity contribution < 1.29 is 4.79 Å². The summed E-state index contributed by atoms with van der Waals surface area (Å²) in [4.78, 5) is 11.2. The van der Waals surface area contributed by atoms with Gasteiger partial charge in [0.15, 0.2) is 0 Å². The van der Waals surface area contributed by atoms with Gasteiger partial charge in [-0.3, -0.25) is 9.89 Å². The van der Waals surface area contributed by atoms with Crippen LogP contribution in [0.4, 0.5) is 0 Å². The zero-order valence-electron chi connectivity index (χ0n) is 7.42. The van der Waals surface area contributed by atoms with Gasteiger partial charge in [0, 0.05) is 19.2 Å². The molecule has 0 bridgehead atoms. The highest BCUT2D eigenvalue weighted by atomic mass is 16.1. The minimum Gasteiger partial charge on any atom is -0.351 e. The topological polar surface area (TPSA) is 57.8 Å². The molecule has 1 amide bonds. The fraction of sp³-hybridized carbons (Fsp3) is 0.333. The molecule has 0 radical (unpaired) electrons. The third-order valence-electron chi connectivity index (χ3n) is 1.47. The largest absolute Gasteiger partial charge is 0.351 e.